The molecule has 0 radical (unpaired) electrons. The second-order valence-electron chi connectivity index (χ2n) is 7.50. The predicted octanol–water partition coefficient (Wildman–Crippen LogP) is 4.27. The van der Waals surface area contributed by atoms with E-state index in [1.165, 1.54) is 12.1 Å². The van der Waals surface area contributed by atoms with Gasteiger partial charge in [-0.25, -0.2) is 4.79 Å². The maximum atomic E-state index is 12.7. The molecule has 1 aliphatic heterocycles. The number of benzene rings is 2. The first-order chi connectivity index (χ1) is 15.3. The van der Waals surface area contributed by atoms with Gasteiger partial charge in [-0.15, -0.1) is 0 Å². The Balaban J connectivity index is 0.000000479. The van der Waals surface area contributed by atoms with Crippen molar-refractivity contribution in [1.29, 1.82) is 0 Å². The lowest BCUT2D eigenvalue weighted by atomic mass is 9.88. The number of aliphatic carboxylic acids is 1. The number of rotatable bonds is 4. The molecular weight excluding hydrogens is 454 g/mol. The number of aryl methyl sites for hydroxylation is 1. The molecule has 1 amide bonds. The summed E-state index contributed by atoms with van der Waals surface area (Å²) in [5, 5.41) is 13.2. The molecule has 2 unspecified atom stereocenters. The van der Waals surface area contributed by atoms with Crippen molar-refractivity contribution in [3.05, 3.63) is 70.8 Å². The van der Waals surface area contributed by atoms with Gasteiger partial charge in [0.2, 0.25) is 5.91 Å². The summed E-state index contributed by atoms with van der Waals surface area (Å²) in [6.07, 6.45) is -9.43. The molecule has 0 aromatic heterocycles. The van der Waals surface area contributed by atoms with Gasteiger partial charge in [-0.2, -0.15) is 26.3 Å². The van der Waals surface area contributed by atoms with Gasteiger partial charge in [0.15, 0.2) is 0 Å². The number of hydrogen-bond donors (Lipinski definition) is 3. The molecule has 0 spiro atoms. The van der Waals surface area contributed by atoms with Crippen LogP contribution in [0.3, 0.4) is 0 Å². The second-order valence-corrected chi connectivity index (χ2v) is 7.50. The maximum absolute atomic E-state index is 12.7. The number of carbonyl (C=O) groups excluding carboxylic acids is 1. The van der Waals surface area contributed by atoms with Crippen LogP contribution in [0.15, 0.2) is 48.5 Å². The highest BCUT2D eigenvalue weighted by molar-refractivity contribution is 5.80. The van der Waals surface area contributed by atoms with Gasteiger partial charge in [-0.3, -0.25) is 4.79 Å². The number of alkyl halides is 6. The average Bonchev–Trinajstić information content (AvgIpc) is 3.22. The van der Waals surface area contributed by atoms with Gasteiger partial charge in [0.1, 0.15) is 0 Å². The third kappa shape index (κ3) is 7.77. The Morgan fingerprint density at radius 1 is 0.970 bits per heavy atom. The molecule has 1 fully saturated rings. The molecule has 3 rings (SSSR count). The summed E-state index contributed by atoms with van der Waals surface area (Å²) in [6.45, 7) is 3.54. The Labute approximate surface area is 185 Å². The van der Waals surface area contributed by atoms with E-state index in [2.05, 4.69) is 10.6 Å². The topological polar surface area (TPSA) is 78.4 Å². The molecule has 33 heavy (non-hydrogen) atoms. The normalized spacial score (nSPS) is 18.3. The minimum Gasteiger partial charge on any atom is -0.475 e. The van der Waals surface area contributed by atoms with Crippen molar-refractivity contribution >= 4 is 11.9 Å². The minimum absolute atomic E-state index is 0.0829. The van der Waals surface area contributed by atoms with Crippen molar-refractivity contribution in [2.24, 2.45) is 5.92 Å². The highest BCUT2D eigenvalue weighted by atomic mass is 19.4. The highest BCUT2D eigenvalue weighted by Crippen LogP contribution is 2.33. The lowest BCUT2D eigenvalue weighted by Crippen LogP contribution is -2.34. The lowest BCUT2D eigenvalue weighted by Gasteiger charge is -2.19. The van der Waals surface area contributed by atoms with Gasteiger partial charge < -0.3 is 15.7 Å². The van der Waals surface area contributed by atoms with Crippen LogP contribution in [0.5, 0.6) is 0 Å². The number of nitrogens with one attached hydrogen (secondary N) is 2. The second kappa shape index (κ2) is 10.7. The molecule has 2 atom stereocenters. The zero-order chi connectivity index (χ0) is 24.8. The van der Waals surface area contributed by atoms with E-state index < -0.39 is 23.9 Å². The smallest absolute Gasteiger partial charge is 0.475 e. The van der Waals surface area contributed by atoms with Gasteiger partial charge in [0.05, 0.1) is 11.5 Å². The molecule has 1 aliphatic rings. The maximum Gasteiger partial charge on any atom is 0.490 e. The van der Waals surface area contributed by atoms with E-state index in [9.17, 15) is 31.1 Å². The summed E-state index contributed by atoms with van der Waals surface area (Å²) in [6, 6.07) is 13.0. The quantitative estimate of drug-likeness (QED) is 0.577. The van der Waals surface area contributed by atoms with Gasteiger partial charge in [0, 0.05) is 25.6 Å². The standard InChI is InChI=1S/C20H21F3N2O.C2HF3O2/c1-13-2-4-14(5-3-13)10-25-19(26)18-12-24-11-17(18)15-6-8-16(9-7-15)20(21,22)23;3-2(4,5)1(6)7/h2-9,17-18,24H,10-12H2,1H3,(H,25,26);(H,6,7). The zero-order valence-corrected chi connectivity index (χ0v) is 17.4. The highest BCUT2D eigenvalue weighted by Gasteiger charge is 2.38. The Kier molecular flexibility index (Phi) is 8.48. The van der Waals surface area contributed by atoms with E-state index in [1.54, 1.807) is 0 Å². The van der Waals surface area contributed by atoms with Crippen molar-refractivity contribution in [3.63, 3.8) is 0 Å². The fourth-order valence-electron chi connectivity index (χ4n) is 3.25. The Hall–Kier alpha value is -3.08. The van der Waals surface area contributed by atoms with Crippen molar-refractivity contribution in [2.45, 2.75) is 31.7 Å². The van der Waals surface area contributed by atoms with Crippen molar-refractivity contribution in [2.75, 3.05) is 13.1 Å². The van der Waals surface area contributed by atoms with Crippen LogP contribution < -0.4 is 10.6 Å². The molecule has 11 heteroatoms. The van der Waals surface area contributed by atoms with Crippen molar-refractivity contribution in [1.82, 2.24) is 10.6 Å². The van der Waals surface area contributed by atoms with Crippen LogP contribution in [0.2, 0.25) is 0 Å². The van der Waals surface area contributed by atoms with Gasteiger partial charge in [0.25, 0.3) is 0 Å². The SMILES string of the molecule is Cc1ccc(CNC(=O)C2CNCC2c2ccc(C(F)(F)F)cc2)cc1.O=C(O)C(F)(F)F. The summed E-state index contributed by atoms with van der Waals surface area (Å²) in [5.74, 6) is -3.26. The first kappa shape index (κ1) is 26.2. The summed E-state index contributed by atoms with van der Waals surface area (Å²) in [7, 11) is 0. The molecule has 180 valence electrons. The molecule has 2 aromatic rings. The number of hydrogen-bond acceptors (Lipinski definition) is 3. The Morgan fingerprint density at radius 3 is 2.00 bits per heavy atom. The third-order valence-electron chi connectivity index (χ3n) is 5.05. The lowest BCUT2D eigenvalue weighted by molar-refractivity contribution is -0.192. The summed E-state index contributed by atoms with van der Waals surface area (Å²) in [4.78, 5) is 21.5. The summed E-state index contributed by atoms with van der Waals surface area (Å²) >= 11 is 0. The number of halogens is 6. The van der Waals surface area contributed by atoms with Crippen LogP contribution in [0.25, 0.3) is 0 Å². The monoisotopic (exact) mass is 476 g/mol. The van der Waals surface area contributed by atoms with E-state index in [0.717, 1.165) is 28.8 Å². The summed E-state index contributed by atoms with van der Waals surface area (Å²) < 4.78 is 69.9. The van der Waals surface area contributed by atoms with Crippen molar-refractivity contribution in [3.8, 4) is 0 Å². The number of carboxylic acid groups (broad SMARTS) is 1. The predicted molar refractivity (Wildman–Crippen MR) is 107 cm³/mol. The Morgan fingerprint density at radius 2 is 1.52 bits per heavy atom. The number of carbonyl (C=O) groups is 2. The molecular formula is C22H22F6N2O3. The molecule has 0 saturated carbocycles. The molecule has 0 bridgehead atoms. The first-order valence-corrected chi connectivity index (χ1v) is 9.80. The van der Waals surface area contributed by atoms with Gasteiger partial charge in [-0.05, 0) is 30.2 Å². The first-order valence-electron chi connectivity index (χ1n) is 9.80. The Bertz CT molecular complexity index is 941. The van der Waals surface area contributed by atoms with Crippen LogP contribution in [-0.2, 0) is 22.3 Å². The van der Waals surface area contributed by atoms with Crippen LogP contribution in [0.1, 0.15) is 28.2 Å². The van der Waals surface area contributed by atoms with Crippen LogP contribution in [0.4, 0.5) is 26.3 Å². The van der Waals surface area contributed by atoms with E-state index >= 15 is 0 Å². The average molecular weight is 476 g/mol. The minimum atomic E-state index is -5.08. The summed E-state index contributed by atoms with van der Waals surface area (Å²) in [5.41, 5.74) is 2.24. The largest absolute Gasteiger partial charge is 0.490 e. The van der Waals surface area contributed by atoms with Crippen LogP contribution in [0, 0.1) is 12.8 Å². The van der Waals surface area contributed by atoms with Crippen molar-refractivity contribution < 1.29 is 41.0 Å². The van der Waals surface area contributed by atoms with Crippen LogP contribution >= 0.6 is 0 Å². The molecule has 1 heterocycles. The molecule has 3 N–H and O–H groups in total. The fraction of sp³-hybridized carbons (Fsp3) is 0.364. The third-order valence-corrected chi connectivity index (χ3v) is 5.05. The van der Waals surface area contributed by atoms with Crippen LogP contribution in [-0.4, -0.2) is 36.2 Å². The van der Waals surface area contributed by atoms with E-state index in [-0.39, 0.29) is 17.7 Å². The van der Waals surface area contributed by atoms with Gasteiger partial charge in [-0.1, -0.05) is 42.0 Å². The zero-order valence-electron chi connectivity index (χ0n) is 17.4. The van der Waals surface area contributed by atoms with E-state index in [4.69, 9.17) is 9.90 Å². The fourth-order valence-corrected chi connectivity index (χ4v) is 3.25. The van der Waals surface area contributed by atoms with E-state index in [0.29, 0.717) is 19.6 Å². The molecule has 0 aliphatic carbocycles. The number of amides is 1. The number of carboxylic acids is 1. The molecule has 5 nitrogen and oxygen atoms in total. The molecule has 2 aromatic carbocycles. The van der Waals surface area contributed by atoms with Gasteiger partial charge >= 0.3 is 18.3 Å². The molecule has 1 saturated heterocycles. The van der Waals surface area contributed by atoms with E-state index in [1.807, 2.05) is 31.2 Å².